The Labute approximate surface area is 148 Å². The fraction of sp³-hybridized carbons (Fsp3) is 0.0500. The van der Waals surface area contributed by atoms with Crippen molar-refractivity contribution in [2.24, 2.45) is 0 Å². The Kier molecular flexibility index (Phi) is 8.65. The zero-order valence-corrected chi connectivity index (χ0v) is 17.0. The molecule has 0 aliphatic heterocycles. The van der Waals surface area contributed by atoms with Gasteiger partial charge in [0, 0.05) is 19.5 Å². The monoisotopic (exact) mass is 352 g/mol. The Hall–Kier alpha value is -1.50. The fourth-order valence-electron chi connectivity index (χ4n) is 2.31. The fourth-order valence-corrected chi connectivity index (χ4v) is 4.89. The Morgan fingerprint density at radius 1 is 0.500 bits per heavy atom. The molecule has 0 atom stereocenters. The van der Waals surface area contributed by atoms with E-state index in [1.165, 1.54) is 15.6 Å². The van der Waals surface area contributed by atoms with Gasteiger partial charge in [-0.25, -0.2) is 0 Å². The van der Waals surface area contributed by atoms with Gasteiger partial charge in [-0.3, -0.25) is 0 Å². The van der Waals surface area contributed by atoms with Gasteiger partial charge in [-0.05, 0) is 0 Å². The molecule has 3 aromatic rings. The van der Waals surface area contributed by atoms with Crippen LogP contribution in [0.5, 0.6) is 0 Å². The summed E-state index contributed by atoms with van der Waals surface area (Å²) in [5.74, 6) is 0. The van der Waals surface area contributed by atoms with Crippen LogP contribution in [0.2, 0.25) is 0 Å². The van der Waals surface area contributed by atoms with Crippen LogP contribution in [0, 0.1) is 6.92 Å². The summed E-state index contributed by atoms with van der Waals surface area (Å²) in [5, 5.41) is 4.31. The van der Waals surface area contributed by atoms with Crippen molar-refractivity contribution >= 4 is 24.4 Å². The zero-order chi connectivity index (χ0) is 14.9. The minimum absolute atomic E-state index is 0. The Morgan fingerprint density at radius 2 is 0.727 bits per heavy atom. The van der Waals surface area contributed by atoms with Crippen molar-refractivity contribution in [3.63, 3.8) is 0 Å². The van der Waals surface area contributed by atoms with Gasteiger partial charge in [-0.15, -0.1) is 0 Å². The second-order valence-corrected chi connectivity index (χ2v) is 6.96. The van der Waals surface area contributed by atoms with Crippen molar-refractivity contribution < 1.29 is 19.5 Å². The van der Waals surface area contributed by atoms with Crippen LogP contribution in [0.4, 0.5) is 0 Å². The third kappa shape index (κ3) is 4.76. The van der Waals surface area contributed by atoms with Gasteiger partial charge in [0.1, 0.15) is 0 Å². The van der Waals surface area contributed by atoms with Crippen LogP contribution >= 0.6 is 0 Å². The molecule has 1 radical (unpaired) electrons. The van der Waals surface area contributed by atoms with Crippen LogP contribution < -0.4 is 15.6 Å². The van der Waals surface area contributed by atoms with Gasteiger partial charge in [0.05, 0.1) is 0 Å². The van der Waals surface area contributed by atoms with Crippen molar-refractivity contribution in [2.45, 2.75) is 6.92 Å². The van der Waals surface area contributed by atoms with E-state index in [1.807, 2.05) is 0 Å². The van der Waals surface area contributed by atoms with Gasteiger partial charge in [-0.1, -0.05) is 107 Å². The summed E-state index contributed by atoms with van der Waals surface area (Å²) in [4.78, 5) is 0. The van der Waals surface area contributed by atoms with E-state index in [0.29, 0.717) is 0 Å². The Balaban J connectivity index is 0.000000775. The molecule has 107 valence electrons. The summed E-state index contributed by atoms with van der Waals surface area (Å²) in [6, 6.07) is 32.5. The van der Waals surface area contributed by atoms with Crippen LogP contribution in [0.3, 0.4) is 0 Å². The van der Waals surface area contributed by atoms with Crippen LogP contribution in [0.15, 0.2) is 91.0 Å². The third-order valence-electron chi connectivity index (χ3n) is 3.19. The van der Waals surface area contributed by atoms with Gasteiger partial charge < -0.3 is 6.92 Å². The molecular weight excluding hydrogens is 334 g/mol. The van der Waals surface area contributed by atoms with E-state index in [1.54, 1.807) is 6.92 Å². The van der Waals surface area contributed by atoms with E-state index in [4.69, 9.17) is 0 Å². The van der Waals surface area contributed by atoms with E-state index in [9.17, 15) is 0 Å². The number of hydrogen-bond donors (Lipinski definition) is 0. The summed E-state index contributed by atoms with van der Waals surface area (Å²) in [6.45, 7) is 5.00. The quantitative estimate of drug-likeness (QED) is 0.386. The average molecular weight is 354 g/mol. The van der Waals surface area contributed by atoms with E-state index in [0.717, 1.165) is 0 Å². The summed E-state index contributed by atoms with van der Waals surface area (Å²) in [6.07, 6.45) is 0. The smallest absolute Gasteiger partial charge is 0.154 e. The topological polar surface area (TPSA) is 0 Å². The molecule has 3 rings (SSSR count). The molecule has 0 aliphatic carbocycles. The van der Waals surface area contributed by atoms with Crippen molar-refractivity contribution in [3.05, 3.63) is 97.9 Å². The number of benzene rings is 3. The number of hydrogen-bond acceptors (Lipinski definition) is 0. The molecule has 0 heterocycles. The molecule has 0 amide bonds. The van der Waals surface area contributed by atoms with Gasteiger partial charge in [0.15, 0.2) is 8.80 Å². The SMILES string of the molecule is [CH2-]C.[Zn].c1ccc([Si](c2ccccc2)c2ccccc2)cc1. The molecule has 0 nitrogen and oxygen atoms in total. The van der Waals surface area contributed by atoms with Crippen molar-refractivity contribution in [3.8, 4) is 0 Å². The van der Waals surface area contributed by atoms with Crippen LogP contribution in [0.1, 0.15) is 6.92 Å². The molecule has 0 saturated carbocycles. The molecule has 0 spiro atoms. The van der Waals surface area contributed by atoms with Crippen molar-refractivity contribution in [1.82, 2.24) is 0 Å². The zero-order valence-electron chi connectivity index (χ0n) is 13.1. The minimum atomic E-state index is -0.877. The normalized spacial score (nSPS) is 9.41. The van der Waals surface area contributed by atoms with E-state index < -0.39 is 8.80 Å². The average Bonchev–Trinajstić information content (AvgIpc) is 2.60. The summed E-state index contributed by atoms with van der Waals surface area (Å²) in [7, 11) is -0.877. The summed E-state index contributed by atoms with van der Waals surface area (Å²) < 4.78 is 0. The van der Waals surface area contributed by atoms with E-state index >= 15 is 0 Å². The number of rotatable bonds is 3. The predicted molar refractivity (Wildman–Crippen MR) is 95.0 cm³/mol. The first-order chi connectivity index (χ1) is 10.4. The Bertz CT molecular complexity index is 530. The second kappa shape index (κ2) is 10.3. The first-order valence-electron chi connectivity index (χ1n) is 7.19. The van der Waals surface area contributed by atoms with Crippen LogP contribution in [0.25, 0.3) is 0 Å². The molecule has 3 aromatic carbocycles. The molecular formula is C20H20SiZn-. The molecule has 2 heteroatoms. The van der Waals surface area contributed by atoms with Crippen molar-refractivity contribution in [1.29, 1.82) is 0 Å². The first-order valence-corrected chi connectivity index (χ1v) is 8.69. The Morgan fingerprint density at radius 3 is 0.955 bits per heavy atom. The van der Waals surface area contributed by atoms with E-state index in [-0.39, 0.29) is 19.5 Å². The third-order valence-corrected chi connectivity index (χ3v) is 5.92. The molecule has 0 unspecified atom stereocenters. The largest absolute Gasteiger partial charge is 0.346 e. The predicted octanol–water partition coefficient (Wildman–Crippen LogP) is 3.04. The maximum atomic E-state index is 3.25. The molecule has 0 aliphatic rings. The molecule has 22 heavy (non-hydrogen) atoms. The second-order valence-electron chi connectivity index (χ2n) is 4.47. The van der Waals surface area contributed by atoms with E-state index in [2.05, 4.69) is 97.9 Å². The minimum Gasteiger partial charge on any atom is -0.346 e. The van der Waals surface area contributed by atoms with Crippen LogP contribution in [-0.2, 0) is 19.5 Å². The molecule has 0 saturated heterocycles. The summed E-state index contributed by atoms with van der Waals surface area (Å²) >= 11 is 0. The van der Waals surface area contributed by atoms with Gasteiger partial charge in [0.25, 0.3) is 0 Å². The molecule has 0 fully saturated rings. The molecule has 0 bridgehead atoms. The van der Waals surface area contributed by atoms with Gasteiger partial charge in [-0.2, -0.15) is 6.92 Å². The molecule has 0 aromatic heterocycles. The maximum absolute atomic E-state index is 3.25. The maximum Gasteiger partial charge on any atom is 0.154 e. The first kappa shape index (κ1) is 18.5. The molecule has 0 N–H and O–H groups in total. The van der Waals surface area contributed by atoms with Gasteiger partial charge >= 0.3 is 0 Å². The van der Waals surface area contributed by atoms with Crippen molar-refractivity contribution in [2.75, 3.05) is 0 Å². The standard InChI is InChI=1S/C18H15Si.C2H5.Zn/c1-4-10-16(11-5-1)19(17-12-6-2-7-13-17)18-14-8-3-9-15-18;1-2;/h1-15H;1H2,2H3;/q;-1;. The van der Waals surface area contributed by atoms with Gasteiger partial charge in [0.2, 0.25) is 0 Å². The van der Waals surface area contributed by atoms with Crippen LogP contribution in [-0.4, -0.2) is 8.80 Å². The summed E-state index contributed by atoms with van der Waals surface area (Å²) in [5.41, 5.74) is 0.